The third-order valence-electron chi connectivity index (χ3n) is 5.75. The first kappa shape index (κ1) is 24.3. The maximum Gasteiger partial charge on any atom is 0.456 e. The van der Waals surface area contributed by atoms with Crippen molar-refractivity contribution in [3.8, 4) is 11.1 Å². The predicted molar refractivity (Wildman–Crippen MR) is 144 cm³/mol. The van der Waals surface area contributed by atoms with Crippen LogP contribution in [0.15, 0.2) is 109 Å². The van der Waals surface area contributed by atoms with Crippen molar-refractivity contribution < 1.29 is 10.0 Å². The molecule has 0 aliphatic heterocycles. The topological polar surface area (TPSA) is 40.5 Å². The SMILES string of the molecule is C=C/C(C)=C(/C1=C(CB(O)O)C=CCC=C1)c1cccc(-c2cccc(C=C)c2/C=C\C)c1. The molecule has 0 saturated carbocycles. The lowest BCUT2D eigenvalue weighted by Gasteiger charge is -2.18. The molecule has 0 unspecified atom stereocenters. The molecule has 2 nitrogen and oxygen atoms in total. The summed E-state index contributed by atoms with van der Waals surface area (Å²) in [7, 11) is -1.41. The van der Waals surface area contributed by atoms with Gasteiger partial charge in [0, 0.05) is 6.32 Å². The molecular formula is C30H31BO2. The second-order valence-electron chi connectivity index (χ2n) is 8.02. The number of benzene rings is 2. The van der Waals surface area contributed by atoms with Gasteiger partial charge >= 0.3 is 7.12 Å². The van der Waals surface area contributed by atoms with Crippen molar-refractivity contribution in [3.05, 3.63) is 125 Å². The minimum atomic E-state index is -1.41. The average Bonchev–Trinajstić information content (AvgIpc) is 3.04. The summed E-state index contributed by atoms with van der Waals surface area (Å²) in [5, 5.41) is 19.4. The van der Waals surface area contributed by atoms with E-state index in [0.29, 0.717) is 0 Å². The van der Waals surface area contributed by atoms with Crippen molar-refractivity contribution >= 4 is 24.8 Å². The Morgan fingerprint density at radius 3 is 2.52 bits per heavy atom. The molecule has 2 aromatic carbocycles. The quantitative estimate of drug-likeness (QED) is 0.339. The van der Waals surface area contributed by atoms with Crippen LogP contribution in [0.5, 0.6) is 0 Å². The van der Waals surface area contributed by atoms with E-state index in [-0.39, 0.29) is 6.32 Å². The standard InChI is InChI=1S/C30H31BO2/c1-5-13-27-23(7-3)15-12-19-28(27)24-16-11-17-25(20-24)30(22(4)6-2)29-18-10-8-9-14-26(29)21-31(32)33/h5-7,9-20,32-33H,2-3,8,21H2,1,4H3/b13-5-,30-22+. The number of hydrogen-bond donors (Lipinski definition) is 2. The molecule has 0 radical (unpaired) electrons. The highest BCUT2D eigenvalue weighted by molar-refractivity contribution is 6.42. The lowest BCUT2D eigenvalue weighted by molar-refractivity contribution is 0.410. The largest absolute Gasteiger partial charge is 0.456 e. The van der Waals surface area contributed by atoms with Crippen LogP contribution in [0.2, 0.25) is 6.32 Å². The molecule has 0 fully saturated rings. The molecule has 1 aliphatic rings. The molecule has 2 N–H and O–H groups in total. The van der Waals surface area contributed by atoms with Gasteiger partial charge in [0.25, 0.3) is 0 Å². The molecule has 33 heavy (non-hydrogen) atoms. The van der Waals surface area contributed by atoms with Gasteiger partial charge in [-0.2, -0.15) is 0 Å². The molecule has 1 aliphatic carbocycles. The summed E-state index contributed by atoms with van der Waals surface area (Å²) >= 11 is 0. The summed E-state index contributed by atoms with van der Waals surface area (Å²) in [6.07, 6.45) is 17.1. The van der Waals surface area contributed by atoms with Gasteiger partial charge < -0.3 is 10.0 Å². The summed E-state index contributed by atoms with van der Waals surface area (Å²) in [6.45, 7) is 12.0. The van der Waals surface area contributed by atoms with Crippen LogP contribution in [0.1, 0.15) is 37.0 Å². The highest BCUT2D eigenvalue weighted by Crippen LogP contribution is 2.36. The second kappa shape index (κ2) is 11.5. The van der Waals surface area contributed by atoms with Gasteiger partial charge in [-0.1, -0.05) is 98.2 Å². The van der Waals surface area contributed by atoms with Gasteiger partial charge in [0.05, 0.1) is 0 Å². The smallest absolute Gasteiger partial charge is 0.427 e. The molecule has 0 atom stereocenters. The van der Waals surface area contributed by atoms with Gasteiger partial charge in [-0.15, -0.1) is 0 Å². The van der Waals surface area contributed by atoms with E-state index in [1.807, 2.05) is 44.2 Å². The van der Waals surface area contributed by atoms with Gasteiger partial charge in [-0.05, 0) is 76.4 Å². The molecule has 0 spiro atoms. The summed E-state index contributed by atoms with van der Waals surface area (Å²) in [5.74, 6) is 0. The van der Waals surface area contributed by atoms with Crippen LogP contribution in [0, 0.1) is 0 Å². The van der Waals surface area contributed by atoms with E-state index in [1.54, 1.807) is 0 Å². The van der Waals surface area contributed by atoms with Gasteiger partial charge in [0.2, 0.25) is 0 Å². The van der Waals surface area contributed by atoms with Crippen molar-refractivity contribution in [2.45, 2.75) is 26.6 Å². The molecule has 0 aromatic heterocycles. The fourth-order valence-corrected chi connectivity index (χ4v) is 4.20. The Hall–Kier alpha value is -3.40. The number of allylic oxidation sites excluding steroid dienone is 10. The van der Waals surface area contributed by atoms with E-state index >= 15 is 0 Å². The summed E-state index contributed by atoms with van der Waals surface area (Å²) in [6, 6.07) is 14.7. The zero-order chi connectivity index (χ0) is 23.8. The van der Waals surface area contributed by atoms with Crippen molar-refractivity contribution in [1.29, 1.82) is 0 Å². The van der Waals surface area contributed by atoms with E-state index in [0.717, 1.165) is 56.5 Å². The van der Waals surface area contributed by atoms with Crippen LogP contribution in [0.3, 0.4) is 0 Å². The number of rotatable bonds is 8. The van der Waals surface area contributed by atoms with Gasteiger partial charge in [-0.25, -0.2) is 0 Å². The first-order valence-corrected chi connectivity index (χ1v) is 11.2. The van der Waals surface area contributed by atoms with Crippen LogP contribution < -0.4 is 0 Å². The van der Waals surface area contributed by atoms with Crippen LogP contribution >= 0.6 is 0 Å². The lowest BCUT2D eigenvalue weighted by atomic mass is 9.77. The van der Waals surface area contributed by atoms with Crippen LogP contribution in [0.4, 0.5) is 0 Å². The fourth-order valence-electron chi connectivity index (χ4n) is 4.20. The fraction of sp³-hybridized carbons (Fsp3) is 0.133. The molecule has 0 bridgehead atoms. The van der Waals surface area contributed by atoms with Crippen LogP contribution in [-0.2, 0) is 0 Å². The van der Waals surface area contributed by atoms with E-state index in [4.69, 9.17) is 0 Å². The lowest BCUT2D eigenvalue weighted by Crippen LogP contribution is -2.11. The molecule has 3 heteroatoms. The Bertz CT molecular complexity index is 1190. The minimum absolute atomic E-state index is 0.163. The van der Waals surface area contributed by atoms with Gasteiger partial charge in [0.15, 0.2) is 0 Å². The second-order valence-corrected chi connectivity index (χ2v) is 8.02. The normalized spacial score (nSPS) is 14.3. The van der Waals surface area contributed by atoms with Crippen molar-refractivity contribution in [1.82, 2.24) is 0 Å². The van der Waals surface area contributed by atoms with E-state index in [1.165, 1.54) is 0 Å². The van der Waals surface area contributed by atoms with Gasteiger partial charge in [0.1, 0.15) is 0 Å². The first-order chi connectivity index (χ1) is 16.0. The van der Waals surface area contributed by atoms with E-state index < -0.39 is 7.12 Å². The first-order valence-electron chi connectivity index (χ1n) is 11.2. The summed E-state index contributed by atoms with van der Waals surface area (Å²) in [5.41, 5.74) is 9.48. The predicted octanol–water partition coefficient (Wildman–Crippen LogP) is 7.27. The Morgan fingerprint density at radius 2 is 1.82 bits per heavy atom. The van der Waals surface area contributed by atoms with Crippen molar-refractivity contribution in [3.63, 3.8) is 0 Å². The molecular weight excluding hydrogens is 403 g/mol. The zero-order valence-corrected chi connectivity index (χ0v) is 19.5. The molecule has 0 heterocycles. The Balaban J connectivity index is 2.25. The van der Waals surface area contributed by atoms with Crippen LogP contribution in [-0.4, -0.2) is 17.2 Å². The molecule has 2 aromatic rings. The van der Waals surface area contributed by atoms with E-state index in [2.05, 4.69) is 73.9 Å². The third kappa shape index (κ3) is 5.70. The zero-order valence-electron chi connectivity index (χ0n) is 19.5. The van der Waals surface area contributed by atoms with Crippen LogP contribution in [0.25, 0.3) is 28.9 Å². The Labute approximate surface area is 198 Å². The summed E-state index contributed by atoms with van der Waals surface area (Å²) in [4.78, 5) is 0. The van der Waals surface area contributed by atoms with Gasteiger partial charge in [-0.3, -0.25) is 0 Å². The molecule has 0 amide bonds. The highest BCUT2D eigenvalue weighted by atomic mass is 16.4. The monoisotopic (exact) mass is 434 g/mol. The molecule has 3 rings (SSSR count). The third-order valence-corrected chi connectivity index (χ3v) is 5.75. The van der Waals surface area contributed by atoms with Crippen molar-refractivity contribution in [2.24, 2.45) is 0 Å². The Morgan fingerprint density at radius 1 is 1.06 bits per heavy atom. The average molecular weight is 434 g/mol. The molecule has 166 valence electrons. The maximum atomic E-state index is 9.70. The summed E-state index contributed by atoms with van der Waals surface area (Å²) < 4.78 is 0. The number of hydrogen-bond acceptors (Lipinski definition) is 2. The minimum Gasteiger partial charge on any atom is -0.427 e. The maximum absolute atomic E-state index is 9.70. The Kier molecular flexibility index (Phi) is 8.42. The van der Waals surface area contributed by atoms with Crippen molar-refractivity contribution in [2.75, 3.05) is 0 Å². The van der Waals surface area contributed by atoms with E-state index in [9.17, 15) is 10.0 Å². The molecule has 0 saturated heterocycles. The highest BCUT2D eigenvalue weighted by Gasteiger charge is 2.18.